The number of ketones is 1. The van der Waals surface area contributed by atoms with Crippen molar-refractivity contribution in [3.05, 3.63) is 125 Å². The first-order chi connectivity index (χ1) is 16.6. The summed E-state index contributed by atoms with van der Waals surface area (Å²) in [5.74, 6) is 1.37. The number of carbonyl (C=O) groups is 1. The van der Waals surface area contributed by atoms with Gasteiger partial charge in [-0.25, -0.2) is 0 Å². The summed E-state index contributed by atoms with van der Waals surface area (Å²) in [5.41, 5.74) is 3.29. The minimum Gasteiger partial charge on any atom is -0.496 e. The molecule has 0 radical (unpaired) electrons. The molecule has 4 aromatic rings. The van der Waals surface area contributed by atoms with Gasteiger partial charge in [0.15, 0.2) is 17.3 Å². The number of rotatable bonds is 9. The zero-order valence-corrected chi connectivity index (χ0v) is 19.1. The lowest BCUT2D eigenvalue weighted by molar-refractivity contribution is 0.103. The fourth-order valence-electron chi connectivity index (χ4n) is 3.71. The summed E-state index contributed by atoms with van der Waals surface area (Å²) in [5, 5.41) is 11.0. The molecule has 0 aliphatic carbocycles. The molecule has 0 aliphatic rings. The molecule has 0 bridgehead atoms. The van der Waals surface area contributed by atoms with Gasteiger partial charge in [0.1, 0.15) is 18.5 Å². The Bertz CT molecular complexity index is 1250. The van der Waals surface area contributed by atoms with E-state index in [2.05, 4.69) is 0 Å². The summed E-state index contributed by atoms with van der Waals surface area (Å²) in [6, 6.07) is 29.3. The Hall–Kier alpha value is -4.09. The van der Waals surface area contributed by atoms with Crippen molar-refractivity contribution < 1.29 is 24.1 Å². The van der Waals surface area contributed by atoms with Crippen molar-refractivity contribution in [3.8, 4) is 17.2 Å². The molecule has 0 aliphatic heterocycles. The van der Waals surface area contributed by atoms with E-state index >= 15 is 0 Å². The van der Waals surface area contributed by atoms with Crippen LogP contribution >= 0.6 is 0 Å². The van der Waals surface area contributed by atoms with Crippen LogP contribution in [0.5, 0.6) is 17.2 Å². The third kappa shape index (κ3) is 5.11. The summed E-state index contributed by atoms with van der Waals surface area (Å²) >= 11 is 0. The van der Waals surface area contributed by atoms with Gasteiger partial charge in [-0.3, -0.25) is 4.79 Å². The maximum atomic E-state index is 12.9. The Labute approximate surface area is 199 Å². The largest absolute Gasteiger partial charge is 0.496 e. The van der Waals surface area contributed by atoms with Gasteiger partial charge in [0.05, 0.1) is 19.8 Å². The molecule has 0 heterocycles. The van der Waals surface area contributed by atoms with Crippen LogP contribution in [0.4, 0.5) is 0 Å². The van der Waals surface area contributed by atoms with E-state index in [0.717, 1.165) is 5.56 Å². The molecular weight excluding hydrogens is 428 g/mol. The molecule has 0 amide bonds. The minimum atomic E-state index is -0.938. The molecule has 0 fully saturated rings. The Morgan fingerprint density at radius 2 is 1.32 bits per heavy atom. The molecule has 5 heteroatoms. The number of hydrogen-bond acceptors (Lipinski definition) is 5. The third-order valence-corrected chi connectivity index (χ3v) is 5.56. The molecule has 172 valence electrons. The number of methoxy groups -OCH3 is 2. The molecule has 0 spiro atoms. The number of aliphatic hydroxyl groups is 1. The van der Waals surface area contributed by atoms with E-state index in [4.69, 9.17) is 14.2 Å². The van der Waals surface area contributed by atoms with Crippen LogP contribution in [0.2, 0.25) is 0 Å². The molecule has 4 rings (SSSR count). The van der Waals surface area contributed by atoms with Gasteiger partial charge >= 0.3 is 0 Å². The summed E-state index contributed by atoms with van der Waals surface area (Å²) < 4.78 is 16.9. The maximum Gasteiger partial charge on any atom is 0.196 e. The first kappa shape index (κ1) is 23.1. The molecule has 1 N–H and O–H groups in total. The van der Waals surface area contributed by atoms with Gasteiger partial charge in [-0.2, -0.15) is 0 Å². The fraction of sp³-hybridized carbons (Fsp3) is 0.138. The Balaban J connectivity index is 1.56. The topological polar surface area (TPSA) is 65.0 Å². The summed E-state index contributed by atoms with van der Waals surface area (Å²) in [6.45, 7) is 0.410. The van der Waals surface area contributed by atoms with Crippen LogP contribution in [0.3, 0.4) is 0 Å². The van der Waals surface area contributed by atoms with Gasteiger partial charge in [-0.15, -0.1) is 0 Å². The lowest BCUT2D eigenvalue weighted by atomic mass is 9.96. The van der Waals surface area contributed by atoms with E-state index in [9.17, 15) is 9.90 Å². The number of hydrogen-bond donors (Lipinski definition) is 1. The minimum absolute atomic E-state index is 0.139. The molecule has 5 nitrogen and oxygen atoms in total. The van der Waals surface area contributed by atoms with Gasteiger partial charge in [0, 0.05) is 5.56 Å². The highest BCUT2D eigenvalue weighted by Crippen LogP contribution is 2.34. The molecular formula is C29H26O5. The predicted molar refractivity (Wildman–Crippen MR) is 131 cm³/mol. The van der Waals surface area contributed by atoms with E-state index in [1.54, 1.807) is 55.6 Å². The molecule has 34 heavy (non-hydrogen) atoms. The number of ether oxygens (including phenoxy) is 3. The van der Waals surface area contributed by atoms with Crippen LogP contribution in [-0.4, -0.2) is 25.1 Å². The normalized spacial score (nSPS) is 11.5. The van der Waals surface area contributed by atoms with Crippen molar-refractivity contribution in [2.45, 2.75) is 12.7 Å². The van der Waals surface area contributed by atoms with Crippen molar-refractivity contribution in [2.75, 3.05) is 14.2 Å². The molecule has 4 aromatic carbocycles. The van der Waals surface area contributed by atoms with Crippen molar-refractivity contribution in [3.63, 3.8) is 0 Å². The molecule has 0 saturated carbocycles. The highest BCUT2D eigenvalue weighted by atomic mass is 16.5. The highest BCUT2D eigenvalue weighted by molar-refractivity contribution is 6.10. The van der Waals surface area contributed by atoms with E-state index in [1.807, 2.05) is 48.5 Å². The first-order valence-electron chi connectivity index (χ1n) is 10.9. The highest BCUT2D eigenvalue weighted by Gasteiger charge is 2.19. The lowest BCUT2D eigenvalue weighted by Crippen LogP contribution is -2.07. The van der Waals surface area contributed by atoms with Crippen LogP contribution in [0.15, 0.2) is 97.1 Å². The lowest BCUT2D eigenvalue weighted by Gasteiger charge is -2.17. The molecule has 1 unspecified atom stereocenters. The van der Waals surface area contributed by atoms with Gasteiger partial charge in [0.25, 0.3) is 0 Å². The van der Waals surface area contributed by atoms with Crippen LogP contribution in [0.1, 0.15) is 38.7 Å². The first-order valence-corrected chi connectivity index (χ1v) is 10.9. The van der Waals surface area contributed by atoms with Crippen molar-refractivity contribution in [1.82, 2.24) is 0 Å². The molecule has 1 atom stereocenters. The van der Waals surface area contributed by atoms with Crippen LogP contribution in [-0.2, 0) is 6.61 Å². The zero-order valence-electron chi connectivity index (χ0n) is 19.1. The van der Waals surface area contributed by atoms with Crippen molar-refractivity contribution in [1.29, 1.82) is 0 Å². The van der Waals surface area contributed by atoms with Gasteiger partial charge < -0.3 is 19.3 Å². The van der Waals surface area contributed by atoms with E-state index < -0.39 is 6.10 Å². The summed E-state index contributed by atoms with van der Waals surface area (Å²) in [4.78, 5) is 12.9. The predicted octanol–water partition coefficient (Wildman–Crippen LogP) is 5.60. The van der Waals surface area contributed by atoms with E-state index in [-0.39, 0.29) is 5.78 Å². The Morgan fingerprint density at radius 3 is 1.97 bits per heavy atom. The van der Waals surface area contributed by atoms with Crippen molar-refractivity contribution >= 4 is 5.78 Å². The summed E-state index contributed by atoms with van der Waals surface area (Å²) in [6.07, 6.45) is -0.938. The van der Waals surface area contributed by atoms with Crippen LogP contribution in [0.25, 0.3) is 0 Å². The van der Waals surface area contributed by atoms with Gasteiger partial charge in [0.2, 0.25) is 0 Å². The SMILES string of the molecule is COc1cc(C(O)c2ccc(C(=O)c3ccccc3)c(OC)c2)ccc1OCc1ccccc1. The second-order valence-electron chi connectivity index (χ2n) is 7.74. The smallest absolute Gasteiger partial charge is 0.196 e. The number of benzene rings is 4. The van der Waals surface area contributed by atoms with Crippen LogP contribution in [0, 0.1) is 0 Å². The van der Waals surface area contributed by atoms with E-state index in [1.165, 1.54) is 7.11 Å². The average molecular weight is 455 g/mol. The van der Waals surface area contributed by atoms with Gasteiger partial charge in [-0.1, -0.05) is 72.8 Å². The second kappa shape index (κ2) is 10.7. The zero-order chi connectivity index (χ0) is 23.9. The van der Waals surface area contributed by atoms with E-state index in [0.29, 0.717) is 46.1 Å². The standard InChI is InChI=1S/C29H26O5/c1-32-26-17-22(13-15-24(26)29(31)21-11-7-4-8-12-21)28(30)23-14-16-25(27(18-23)33-2)34-19-20-9-5-3-6-10-20/h3-18,28,30H,19H2,1-2H3. The Kier molecular flexibility index (Phi) is 7.25. The Morgan fingerprint density at radius 1 is 0.735 bits per heavy atom. The van der Waals surface area contributed by atoms with Crippen LogP contribution < -0.4 is 14.2 Å². The van der Waals surface area contributed by atoms with Crippen molar-refractivity contribution in [2.24, 2.45) is 0 Å². The average Bonchev–Trinajstić information content (AvgIpc) is 2.91. The third-order valence-electron chi connectivity index (χ3n) is 5.56. The second-order valence-corrected chi connectivity index (χ2v) is 7.74. The number of aliphatic hydroxyl groups excluding tert-OH is 1. The molecule has 0 saturated heterocycles. The summed E-state index contributed by atoms with van der Waals surface area (Å²) in [7, 11) is 3.07. The molecule has 0 aromatic heterocycles. The number of carbonyl (C=O) groups excluding carboxylic acids is 1. The monoisotopic (exact) mass is 454 g/mol. The van der Waals surface area contributed by atoms with Gasteiger partial charge in [-0.05, 0) is 41.0 Å². The maximum absolute atomic E-state index is 12.9. The fourth-order valence-corrected chi connectivity index (χ4v) is 3.71. The quantitative estimate of drug-likeness (QED) is 0.334.